The van der Waals surface area contributed by atoms with Crippen molar-refractivity contribution in [1.29, 1.82) is 0 Å². The number of hydrogen-bond donors (Lipinski definition) is 0. The van der Waals surface area contributed by atoms with Gasteiger partial charge in [-0.2, -0.15) is 0 Å². The summed E-state index contributed by atoms with van der Waals surface area (Å²) < 4.78 is 5.98. The Kier molecular flexibility index (Phi) is 3.55. The van der Waals surface area contributed by atoms with E-state index in [-0.39, 0.29) is 5.60 Å². The van der Waals surface area contributed by atoms with Crippen molar-refractivity contribution in [3.8, 4) is 0 Å². The maximum Gasteiger partial charge on any atom is 0.0662 e. The van der Waals surface area contributed by atoms with Gasteiger partial charge in [-0.15, -0.1) is 0 Å². The molecular weight excluding hydrogens is 184 g/mol. The van der Waals surface area contributed by atoms with Crippen molar-refractivity contribution in [3.05, 3.63) is 0 Å². The average molecular weight is 212 g/mol. The molecule has 1 heteroatoms. The lowest BCUT2D eigenvalue weighted by Crippen LogP contribution is -2.51. The van der Waals surface area contributed by atoms with Crippen LogP contribution in [0.3, 0.4) is 0 Å². The molecule has 0 bridgehead atoms. The Balaban J connectivity index is 2.98. The highest BCUT2D eigenvalue weighted by Crippen LogP contribution is 2.48. The molecule has 0 aromatic rings. The normalized spacial score (nSPS) is 32.0. The molecule has 15 heavy (non-hydrogen) atoms. The third-order valence-corrected chi connectivity index (χ3v) is 3.89. The molecule has 90 valence electrons. The highest BCUT2D eigenvalue weighted by Gasteiger charge is 2.46. The van der Waals surface area contributed by atoms with E-state index < -0.39 is 0 Å². The van der Waals surface area contributed by atoms with Gasteiger partial charge < -0.3 is 4.74 Å². The fourth-order valence-corrected chi connectivity index (χ4v) is 3.63. The van der Waals surface area contributed by atoms with Crippen LogP contribution in [-0.4, -0.2) is 12.2 Å². The number of hydrogen-bond acceptors (Lipinski definition) is 1. The summed E-state index contributed by atoms with van der Waals surface area (Å²) in [5, 5.41) is 0. The Hall–Kier alpha value is -0.0400. The molecule has 1 aliphatic heterocycles. The smallest absolute Gasteiger partial charge is 0.0662 e. The molecule has 1 heterocycles. The first kappa shape index (κ1) is 13.0. The Morgan fingerprint density at radius 3 is 2.07 bits per heavy atom. The molecule has 1 aliphatic rings. The van der Waals surface area contributed by atoms with Crippen LogP contribution in [0.1, 0.15) is 54.9 Å². The second-order valence-electron chi connectivity index (χ2n) is 6.99. The van der Waals surface area contributed by atoms with E-state index in [1.165, 1.54) is 6.42 Å². The van der Waals surface area contributed by atoms with Crippen molar-refractivity contribution in [1.82, 2.24) is 0 Å². The minimum atomic E-state index is 0.0332. The Morgan fingerprint density at radius 2 is 1.73 bits per heavy atom. The minimum absolute atomic E-state index is 0.0332. The number of rotatable bonds is 1. The van der Waals surface area contributed by atoms with E-state index in [2.05, 4.69) is 48.5 Å². The van der Waals surface area contributed by atoms with Crippen molar-refractivity contribution in [2.45, 2.75) is 60.5 Å². The standard InChI is InChI=1S/C14H28O/c1-10(2)11-8-9-15-14(6,7)12(11)13(3,4)5/h10-12H,8-9H2,1-7H3. The van der Waals surface area contributed by atoms with E-state index in [4.69, 9.17) is 4.74 Å². The van der Waals surface area contributed by atoms with Crippen molar-refractivity contribution in [2.24, 2.45) is 23.2 Å². The van der Waals surface area contributed by atoms with Gasteiger partial charge >= 0.3 is 0 Å². The van der Waals surface area contributed by atoms with Gasteiger partial charge in [-0.05, 0) is 43.4 Å². The van der Waals surface area contributed by atoms with Gasteiger partial charge in [-0.25, -0.2) is 0 Å². The van der Waals surface area contributed by atoms with E-state index in [1.807, 2.05) is 0 Å². The molecule has 0 aliphatic carbocycles. The summed E-state index contributed by atoms with van der Waals surface area (Å²) in [6.45, 7) is 17.2. The van der Waals surface area contributed by atoms with Crippen LogP contribution in [0.4, 0.5) is 0 Å². The van der Waals surface area contributed by atoms with Gasteiger partial charge in [0.2, 0.25) is 0 Å². The van der Waals surface area contributed by atoms with E-state index in [0.717, 1.165) is 18.4 Å². The van der Waals surface area contributed by atoms with Gasteiger partial charge in [0.15, 0.2) is 0 Å². The Bertz CT molecular complexity index is 210. The van der Waals surface area contributed by atoms with E-state index in [9.17, 15) is 0 Å². The number of ether oxygens (including phenoxy) is 1. The van der Waals surface area contributed by atoms with Crippen molar-refractivity contribution in [3.63, 3.8) is 0 Å². The van der Waals surface area contributed by atoms with Crippen molar-refractivity contribution in [2.75, 3.05) is 6.61 Å². The van der Waals surface area contributed by atoms with Crippen LogP contribution in [0.5, 0.6) is 0 Å². The first-order chi connectivity index (χ1) is 6.66. The molecular formula is C14H28O. The molecule has 0 amide bonds. The van der Waals surface area contributed by atoms with Crippen LogP contribution < -0.4 is 0 Å². The zero-order chi connectivity index (χ0) is 11.9. The van der Waals surface area contributed by atoms with Crippen molar-refractivity contribution >= 4 is 0 Å². The quantitative estimate of drug-likeness (QED) is 0.635. The fourth-order valence-electron chi connectivity index (χ4n) is 3.63. The lowest BCUT2D eigenvalue weighted by atomic mass is 9.61. The maximum absolute atomic E-state index is 5.98. The van der Waals surface area contributed by atoms with Crippen LogP contribution in [0, 0.1) is 23.2 Å². The van der Waals surface area contributed by atoms with Gasteiger partial charge in [-0.3, -0.25) is 0 Å². The van der Waals surface area contributed by atoms with Crippen LogP contribution in [-0.2, 0) is 4.74 Å². The summed E-state index contributed by atoms with van der Waals surface area (Å²) in [5.41, 5.74) is 0.365. The highest BCUT2D eigenvalue weighted by atomic mass is 16.5. The summed E-state index contributed by atoms with van der Waals surface area (Å²) in [6, 6.07) is 0. The van der Waals surface area contributed by atoms with E-state index in [0.29, 0.717) is 11.3 Å². The van der Waals surface area contributed by atoms with Crippen LogP contribution in [0.25, 0.3) is 0 Å². The molecule has 0 radical (unpaired) electrons. The highest BCUT2D eigenvalue weighted by molar-refractivity contribution is 4.95. The Morgan fingerprint density at radius 1 is 1.20 bits per heavy atom. The third kappa shape index (κ3) is 2.75. The summed E-state index contributed by atoms with van der Waals surface area (Å²) >= 11 is 0. The topological polar surface area (TPSA) is 9.23 Å². The monoisotopic (exact) mass is 212 g/mol. The van der Waals surface area contributed by atoms with Crippen molar-refractivity contribution < 1.29 is 4.74 Å². The molecule has 0 saturated carbocycles. The van der Waals surface area contributed by atoms with Crippen LogP contribution >= 0.6 is 0 Å². The molecule has 0 N–H and O–H groups in total. The minimum Gasteiger partial charge on any atom is -0.375 e. The third-order valence-electron chi connectivity index (χ3n) is 3.89. The van der Waals surface area contributed by atoms with Gasteiger partial charge in [0, 0.05) is 6.61 Å². The molecule has 0 aromatic heterocycles. The molecule has 1 saturated heterocycles. The second kappa shape index (κ2) is 4.08. The zero-order valence-electron chi connectivity index (χ0n) is 11.6. The van der Waals surface area contributed by atoms with E-state index >= 15 is 0 Å². The molecule has 1 rings (SSSR count). The second-order valence-corrected chi connectivity index (χ2v) is 6.99. The van der Waals surface area contributed by atoms with Gasteiger partial charge in [0.05, 0.1) is 5.60 Å². The van der Waals surface area contributed by atoms with Crippen LogP contribution in [0.2, 0.25) is 0 Å². The fraction of sp³-hybridized carbons (Fsp3) is 1.00. The largest absolute Gasteiger partial charge is 0.375 e. The zero-order valence-corrected chi connectivity index (χ0v) is 11.6. The molecule has 2 atom stereocenters. The Labute approximate surface area is 95.6 Å². The summed E-state index contributed by atoms with van der Waals surface area (Å²) in [7, 11) is 0. The molecule has 0 spiro atoms. The molecule has 1 nitrogen and oxygen atoms in total. The van der Waals surface area contributed by atoms with Gasteiger partial charge in [0.1, 0.15) is 0 Å². The molecule has 1 fully saturated rings. The molecule has 2 unspecified atom stereocenters. The van der Waals surface area contributed by atoms with Crippen LogP contribution in [0.15, 0.2) is 0 Å². The predicted molar refractivity (Wildman–Crippen MR) is 65.9 cm³/mol. The summed E-state index contributed by atoms with van der Waals surface area (Å²) in [6.07, 6.45) is 1.23. The van der Waals surface area contributed by atoms with Gasteiger partial charge in [-0.1, -0.05) is 34.6 Å². The van der Waals surface area contributed by atoms with E-state index in [1.54, 1.807) is 0 Å². The first-order valence-electron chi connectivity index (χ1n) is 6.30. The van der Waals surface area contributed by atoms with Gasteiger partial charge in [0.25, 0.3) is 0 Å². The average Bonchev–Trinajstić information content (AvgIpc) is 1.98. The maximum atomic E-state index is 5.98. The molecule has 0 aromatic carbocycles. The summed E-state index contributed by atoms with van der Waals surface area (Å²) in [4.78, 5) is 0. The SMILES string of the molecule is CC(C)C1CCOC(C)(C)C1C(C)(C)C. The summed E-state index contributed by atoms with van der Waals surface area (Å²) in [5.74, 6) is 2.21. The first-order valence-corrected chi connectivity index (χ1v) is 6.30. The lowest BCUT2D eigenvalue weighted by molar-refractivity contribution is -0.161. The predicted octanol–water partition coefficient (Wildman–Crippen LogP) is 4.12. The lowest BCUT2D eigenvalue weighted by Gasteiger charge is -2.51.